The van der Waals surface area contributed by atoms with Gasteiger partial charge in [0.05, 0.1) is 6.10 Å². The Morgan fingerprint density at radius 3 is 2.67 bits per heavy atom. The molecule has 0 saturated carbocycles. The number of rotatable bonds is 4. The van der Waals surface area contributed by atoms with Gasteiger partial charge in [-0.1, -0.05) is 34.4 Å². The molecule has 2 unspecified atom stereocenters. The average Bonchev–Trinajstić information content (AvgIpc) is 3.11. The van der Waals surface area contributed by atoms with E-state index in [1.54, 1.807) is 18.2 Å². The maximum atomic E-state index is 6.14. The number of ether oxygens (including phenoxy) is 1. The normalized spacial score (nSPS) is 21.9. The van der Waals surface area contributed by atoms with Crippen molar-refractivity contribution in [1.82, 2.24) is 10.1 Å². The standard InChI is InChI=1S/C14H15Cl2N3O2/c15-10-2-1-3-11(16)9(10)6-13-18-14(21-19-13)12-5-4-8(7-17)20-12/h1-3,8,12H,4-7,17H2. The summed E-state index contributed by atoms with van der Waals surface area (Å²) in [6, 6.07) is 5.38. The minimum absolute atomic E-state index is 0.0726. The second-order valence-corrected chi connectivity index (χ2v) is 5.80. The quantitative estimate of drug-likeness (QED) is 0.933. The Labute approximate surface area is 132 Å². The van der Waals surface area contributed by atoms with Gasteiger partial charge in [0.1, 0.15) is 6.10 Å². The van der Waals surface area contributed by atoms with Crippen LogP contribution >= 0.6 is 23.2 Å². The zero-order valence-corrected chi connectivity index (χ0v) is 12.8. The van der Waals surface area contributed by atoms with Crippen molar-refractivity contribution < 1.29 is 9.26 Å². The first kappa shape index (κ1) is 14.8. The number of aromatic nitrogens is 2. The van der Waals surface area contributed by atoms with E-state index in [4.69, 9.17) is 38.2 Å². The minimum Gasteiger partial charge on any atom is -0.364 e. The predicted octanol–water partition coefficient (Wildman–Crippen LogP) is 3.15. The maximum Gasteiger partial charge on any atom is 0.255 e. The van der Waals surface area contributed by atoms with Gasteiger partial charge in [0.2, 0.25) is 0 Å². The van der Waals surface area contributed by atoms with Crippen molar-refractivity contribution in [1.29, 1.82) is 0 Å². The van der Waals surface area contributed by atoms with Gasteiger partial charge in [-0.3, -0.25) is 0 Å². The van der Waals surface area contributed by atoms with Crippen molar-refractivity contribution in [3.05, 3.63) is 45.5 Å². The Hall–Kier alpha value is -1.14. The third-order valence-corrected chi connectivity index (χ3v) is 4.23. The first-order valence-corrected chi connectivity index (χ1v) is 7.54. The van der Waals surface area contributed by atoms with Gasteiger partial charge in [-0.2, -0.15) is 4.98 Å². The molecule has 1 aromatic carbocycles. The lowest BCUT2D eigenvalue weighted by molar-refractivity contribution is 0.0307. The van der Waals surface area contributed by atoms with Crippen LogP contribution in [0.1, 0.15) is 36.2 Å². The van der Waals surface area contributed by atoms with E-state index in [9.17, 15) is 0 Å². The number of nitrogens with zero attached hydrogens (tertiary/aromatic N) is 2. The van der Waals surface area contributed by atoms with E-state index in [-0.39, 0.29) is 12.2 Å². The van der Waals surface area contributed by atoms with Crippen LogP contribution in [0.25, 0.3) is 0 Å². The van der Waals surface area contributed by atoms with E-state index >= 15 is 0 Å². The summed E-state index contributed by atoms with van der Waals surface area (Å²) in [7, 11) is 0. The van der Waals surface area contributed by atoms with Crippen LogP contribution in [0.5, 0.6) is 0 Å². The van der Waals surface area contributed by atoms with Gasteiger partial charge in [-0.25, -0.2) is 0 Å². The lowest BCUT2D eigenvalue weighted by Gasteiger charge is -2.07. The summed E-state index contributed by atoms with van der Waals surface area (Å²) < 4.78 is 11.0. The van der Waals surface area contributed by atoms with Crippen molar-refractivity contribution in [3.63, 3.8) is 0 Å². The third kappa shape index (κ3) is 3.21. The van der Waals surface area contributed by atoms with Gasteiger partial charge in [0.25, 0.3) is 5.89 Å². The predicted molar refractivity (Wildman–Crippen MR) is 79.5 cm³/mol. The molecule has 2 N–H and O–H groups in total. The average molecular weight is 328 g/mol. The molecule has 1 aliphatic rings. The SMILES string of the molecule is NCC1CCC(c2nc(Cc3c(Cl)cccc3Cl)no2)O1. The molecular weight excluding hydrogens is 313 g/mol. The number of hydrogen-bond acceptors (Lipinski definition) is 5. The van der Waals surface area contributed by atoms with Gasteiger partial charge in [0, 0.05) is 23.0 Å². The molecule has 0 radical (unpaired) electrons. The molecule has 1 fully saturated rings. The fraction of sp³-hybridized carbons (Fsp3) is 0.429. The van der Waals surface area contributed by atoms with Crippen LogP contribution in [0.4, 0.5) is 0 Å². The van der Waals surface area contributed by atoms with Crippen molar-refractivity contribution in [2.24, 2.45) is 5.73 Å². The Morgan fingerprint density at radius 1 is 1.24 bits per heavy atom. The van der Waals surface area contributed by atoms with Crippen LogP contribution in [0.2, 0.25) is 10.0 Å². The number of hydrogen-bond donors (Lipinski definition) is 1. The lowest BCUT2D eigenvalue weighted by atomic mass is 10.1. The van der Waals surface area contributed by atoms with E-state index in [1.807, 2.05) is 0 Å². The molecule has 0 amide bonds. The van der Waals surface area contributed by atoms with E-state index < -0.39 is 0 Å². The maximum absolute atomic E-state index is 6.14. The van der Waals surface area contributed by atoms with Crippen LogP contribution < -0.4 is 5.73 Å². The highest BCUT2D eigenvalue weighted by molar-refractivity contribution is 6.36. The number of halogens is 2. The van der Waals surface area contributed by atoms with Gasteiger partial charge in [-0.05, 0) is 30.5 Å². The molecule has 2 atom stereocenters. The van der Waals surface area contributed by atoms with Crippen molar-refractivity contribution >= 4 is 23.2 Å². The van der Waals surface area contributed by atoms with Crippen LogP contribution in [0.15, 0.2) is 22.7 Å². The Morgan fingerprint density at radius 2 is 2.00 bits per heavy atom. The van der Waals surface area contributed by atoms with Crippen molar-refractivity contribution in [3.8, 4) is 0 Å². The Bertz CT molecular complexity index is 612. The second-order valence-electron chi connectivity index (χ2n) is 4.99. The number of nitrogens with two attached hydrogens (primary N) is 1. The molecular formula is C14H15Cl2N3O2. The summed E-state index contributed by atoms with van der Waals surface area (Å²) >= 11 is 12.3. The monoisotopic (exact) mass is 327 g/mol. The van der Waals surface area contributed by atoms with E-state index in [1.165, 1.54) is 0 Å². The summed E-state index contributed by atoms with van der Waals surface area (Å²) in [5, 5.41) is 5.16. The zero-order chi connectivity index (χ0) is 14.8. The van der Waals surface area contributed by atoms with Gasteiger partial charge < -0.3 is 15.0 Å². The molecule has 1 aromatic heterocycles. The number of benzene rings is 1. The molecule has 5 nitrogen and oxygen atoms in total. The van der Waals surface area contributed by atoms with Crippen LogP contribution in [0.3, 0.4) is 0 Å². The molecule has 2 heterocycles. The summed E-state index contributed by atoms with van der Waals surface area (Å²) in [6.45, 7) is 0.507. The summed E-state index contributed by atoms with van der Waals surface area (Å²) in [5.74, 6) is 1.03. The molecule has 1 saturated heterocycles. The molecule has 21 heavy (non-hydrogen) atoms. The Balaban J connectivity index is 1.74. The fourth-order valence-corrected chi connectivity index (χ4v) is 2.92. The summed E-state index contributed by atoms with van der Waals surface area (Å²) in [4.78, 5) is 4.38. The third-order valence-electron chi connectivity index (χ3n) is 3.53. The van der Waals surface area contributed by atoms with E-state index in [0.717, 1.165) is 18.4 Å². The molecule has 2 aromatic rings. The minimum atomic E-state index is -0.165. The van der Waals surface area contributed by atoms with Gasteiger partial charge in [0.15, 0.2) is 5.82 Å². The highest BCUT2D eigenvalue weighted by atomic mass is 35.5. The van der Waals surface area contributed by atoms with Crippen LogP contribution in [-0.2, 0) is 11.2 Å². The lowest BCUT2D eigenvalue weighted by Crippen LogP contribution is -2.18. The smallest absolute Gasteiger partial charge is 0.255 e. The van der Waals surface area contributed by atoms with Crippen molar-refractivity contribution in [2.45, 2.75) is 31.5 Å². The van der Waals surface area contributed by atoms with Crippen LogP contribution in [-0.4, -0.2) is 22.8 Å². The largest absolute Gasteiger partial charge is 0.364 e. The topological polar surface area (TPSA) is 74.2 Å². The molecule has 112 valence electrons. The highest BCUT2D eigenvalue weighted by Crippen LogP contribution is 2.32. The first-order chi connectivity index (χ1) is 10.2. The summed E-state index contributed by atoms with van der Waals surface area (Å²) in [6.07, 6.45) is 2.09. The second kappa shape index (κ2) is 6.32. The highest BCUT2D eigenvalue weighted by Gasteiger charge is 2.30. The van der Waals surface area contributed by atoms with E-state index in [2.05, 4.69) is 10.1 Å². The molecule has 0 aliphatic carbocycles. The fourth-order valence-electron chi connectivity index (χ4n) is 2.39. The molecule has 0 spiro atoms. The molecule has 3 rings (SSSR count). The zero-order valence-electron chi connectivity index (χ0n) is 11.3. The van der Waals surface area contributed by atoms with Crippen molar-refractivity contribution in [2.75, 3.05) is 6.54 Å². The summed E-state index contributed by atoms with van der Waals surface area (Å²) in [5.41, 5.74) is 6.39. The van der Waals surface area contributed by atoms with E-state index in [0.29, 0.717) is 34.7 Å². The van der Waals surface area contributed by atoms with Gasteiger partial charge in [-0.15, -0.1) is 0 Å². The molecule has 7 heteroatoms. The van der Waals surface area contributed by atoms with Crippen LogP contribution in [0, 0.1) is 0 Å². The first-order valence-electron chi connectivity index (χ1n) is 6.78. The molecule has 0 bridgehead atoms. The molecule has 1 aliphatic heterocycles. The van der Waals surface area contributed by atoms with Gasteiger partial charge >= 0.3 is 0 Å². The Kier molecular flexibility index (Phi) is 4.45.